The third-order valence-corrected chi connectivity index (χ3v) is 6.82. The molecule has 6 rings (SSSR count). The normalized spacial score (nSPS) is 21.3. The van der Waals surface area contributed by atoms with Crippen molar-refractivity contribution >= 4 is 27.8 Å². The Kier molecular flexibility index (Phi) is 4.08. The molecule has 2 unspecified atom stereocenters. The molecule has 2 atom stereocenters. The lowest BCUT2D eigenvalue weighted by molar-refractivity contribution is 0.0472. The van der Waals surface area contributed by atoms with E-state index in [-0.39, 0.29) is 5.91 Å². The Labute approximate surface area is 180 Å². The number of carbonyl (C=O) groups excluding carboxylic acids is 1. The number of piperazine rings is 1. The van der Waals surface area contributed by atoms with Gasteiger partial charge in [-0.2, -0.15) is 0 Å². The van der Waals surface area contributed by atoms with Crippen LogP contribution in [-0.4, -0.2) is 67.9 Å². The molecule has 0 aliphatic carbocycles. The molecule has 2 fully saturated rings. The molecule has 1 aromatic carbocycles. The molecule has 156 valence electrons. The van der Waals surface area contributed by atoms with Crippen molar-refractivity contribution in [1.82, 2.24) is 29.7 Å². The summed E-state index contributed by atoms with van der Waals surface area (Å²) < 4.78 is 0. The molecular weight excluding hydrogens is 388 g/mol. The van der Waals surface area contributed by atoms with Gasteiger partial charge in [0.15, 0.2) is 0 Å². The summed E-state index contributed by atoms with van der Waals surface area (Å²) >= 11 is 0. The van der Waals surface area contributed by atoms with E-state index < -0.39 is 0 Å². The van der Waals surface area contributed by atoms with Crippen molar-refractivity contribution in [3.05, 3.63) is 54.2 Å². The Hall–Kier alpha value is -3.32. The average Bonchev–Trinajstić information content (AvgIpc) is 3.31. The van der Waals surface area contributed by atoms with Crippen LogP contribution in [0.2, 0.25) is 0 Å². The van der Waals surface area contributed by atoms with E-state index in [9.17, 15) is 4.79 Å². The second-order valence-electron chi connectivity index (χ2n) is 8.83. The highest BCUT2D eigenvalue weighted by Crippen LogP contribution is 2.33. The van der Waals surface area contributed by atoms with Crippen molar-refractivity contribution in [2.24, 2.45) is 0 Å². The van der Waals surface area contributed by atoms with Gasteiger partial charge < -0.3 is 14.8 Å². The van der Waals surface area contributed by atoms with Crippen LogP contribution in [0, 0.1) is 6.92 Å². The van der Waals surface area contributed by atoms with Gasteiger partial charge in [-0.25, -0.2) is 15.0 Å². The number of aromatic amines is 1. The van der Waals surface area contributed by atoms with Crippen molar-refractivity contribution in [3.63, 3.8) is 0 Å². The highest BCUT2D eigenvalue weighted by Gasteiger charge is 2.41. The Balaban J connectivity index is 1.41. The van der Waals surface area contributed by atoms with Gasteiger partial charge in [-0.05, 0) is 50.6 Å². The van der Waals surface area contributed by atoms with Crippen LogP contribution in [0.5, 0.6) is 0 Å². The first-order chi connectivity index (χ1) is 15.1. The molecule has 0 spiro atoms. The fourth-order valence-electron chi connectivity index (χ4n) is 5.31. The molecule has 1 amide bonds. The van der Waals surface area contributed by atoms with E-state index >= 15 is 0 Å². The minimum absolute atomic E-state index is 0.102. The standard InChI is InChI=1S/C24H24N6O/c1-14-19-7-15(3-6-22(19)28-13-27-14)21-10-26-23-20(21)8-16(9-25-23)24(31)30-17-4-5-18(30)12-29(2)11-17/h3,6-10,13,17-18H,4-5,11-12H2,1-2H3,(H,25,26). The number of nitrogens with zero attached hydrogens (tertiary/aromatic N) is 5. The zero-order valence-corrected chi connectivity index (χ0v) is 17.7. The third-order valence-electron chi connectivity index (χ3n) is 6.82. The maximum absolute atomic E-state index is 13.4. The molecule has 31 heavy (non-hydrogen) atoms. The second kappa shape index (κ2) is 6.85. The topological polar surface area (TPSA) is 78.0 Å². The maximum atomic E-state index is 13.4. The monoisotopic (exact) mass is 412 g/mol. The van der Waals surface area contributed by atoms with Gasteiger partial charge >= 0.3 is 0 Å². The number of likely N-dealkylation sites (N-methyl/N-ethyl adjacent to an activating group) is 1. The molecule has 1 N–H and O–H groups in total. The summed E-state index contributed by atoms with van der Waals surface area (Å²) in [4.78, 5) is 34.4. The van der Waals surface area contributed by atoms with E-state index in [1.165, 1.54) is 0 Å². The van der Waals surface area contributed by atoms with E-state index in [1.807, 2.05) is 25.3 Å². The van der Waals surface area contributed by atoms with Gasteiger partial charge in [0, 0.05) is 59.6 Å². The first-order valence-corrected chi connectivity index (χ1v) is 10.8. The summed E-state index contributed by atoms with van der Waals surface area (Å²) in [6.07, 6.45) is 7.44. The van der Waals surface area contributed by atoms with Crippen molar-refractivity contribution < 1.29 is 4.79 Å². The van der Waals surface area contributed by atoms with Crippen LogP contribution in [-0.2, 0) is 0 Å². The Morgan fingerprint density at radius 1 is 1.06 bits per heavy atom. The molecule has 2 saturated heterocycles. The highest BCUT2D eigenvalue weighted by molar-refractivity contribution is 6.02. The van der Waals surface area contributed by atoms with Crippen molar-refractivity contribution in [3.8, 4) is 11.1 Å². The van der Waals surface area contributed by atoms with Gasteiger partial charge in [-0.3, -0.25) is 4.79 Å². The van der Waals surface area contributed by atoms with E-state index in [0.29, 0.717) is 17.6 Å². The largest absolute Gasteiger partial charge is 0.346 e. The van der Waals surface area contributed by atoms with Crippen molar-refractivity contribution in [2.75, 3.05) is 20.1 Å². The summed E-state index contributed by atoms with van der Waals surface area (Å²) in [5, 5.41) is 1.99. The zero-order valence-electron chi connectivity index (χ0n) is 17.7. The lowest BCUT2D eigenvalue weighted by Gasteiger charge is -2.39. The van der Waals surface area contributed by atoms with E-state index in [0.717, 1.165) is 64.7 Å². The van der Waals surface area contributed by atoms with Gasteiger partial charge in [-0.15, -0.1) is 0 Å². The van der Waals surface area contributed by atoms with E-state index in [4.69, 9.17) is 0 Å². The van der Waals surface area contributed by atoms with E-state index in [2.05, 4.69) is 48.9 Å². The molecule has 2 bridgehead atoms. The third kappa shape index (κ3) is 2.91. The number of hydrogen-bond acceptors (Lipinski definition) is 5. The fraction of sp³-hybridized carbons (Fsp3) is 0.333. The molecule has 2 aliphatic rings. The lowest BCUT2D eigenvalue weighted by Crippen LogP contribution is -2.54. The zero-order chi connectivity index (χ0) is 21.1. The maximum Gasteiger partial charge on any atom is 0.256 e. The second-order valence-corrected chi connectivity index (χ2v) is 8.83. The van der Waals surface area contributed by atoms with Gasteiger partial charge in [0.1, 0.15) is 12.0 Å². The molecule has 7 heteroatoms. The van der Waals surface area contributed by atoms with Crippen LogP contribution in [0.1, 0.15) is 28.9 Å². The van der Waals surface area contributed by atoms with Crippen molar-refractivity contribution in [1.29, 1.82) is 0 Å². The minimum atomic E-state index is 0.102. The lowest BCUT2D eigenvalue weighted by atomic mass is 10.0. The van der Waals surface area contributed by atoms with Crippen LogP contribution in [0.4, 0.5) is 0 Å². The van der Waals surface area contributed by atoms with Gasteiger partial charge in [0.05, 0.1) is 11.1 Å². The number of pyridine rings is 1. The molecule has 3 aromatic heterocycles. The number of benzene rings is 1. The van der Waals surface area contributed by atoms with Crippen LogP contribution in [0.25, 0.3) is 33.1 Å². The van der Waals surface area contributed by atoms with Crippen LogP contribution < -0.4 is 0 Å². The summed E-state index contributed by atoms with van der Waals surface area (Å²) in [5.74, 6) is 0.102. The Bertz CT molecular complexity index is 1310. The quantitative estimate of drug-likeness (QED) is 0.546. The fourth-order valence-corrected chi connectivity index (χ4v) is 5.31. The summed E-state index contributed by atoms with van der Waals surface area (Å²) in [6.45, 7) is 3.89. The number of rotatable bonds is 2. The number of amides is 1. The van der Waals surface area contributed by atoms with Crippen LogP contribution >= 0.6 is 0 Å². The van der Waals surface area contributed by atoms with Crippen LogP contribution in [0.3, 0.4) is 0 Å². The predicted octanol–water partition coefficient (Wildman–Crippen LogP) is 3.40. The number of H-pyrrole nitrogens is 1. The summed E-state index contributed by atoms with van der Waals surface area (Å²) in [7, 11) is 2.14. The number of carbonyl (C=O) groups is 1. The molecular formula is C24H24N6O. The number of aromatic nitrogens is 4. The molecule has 0 saturated carbocycles. The molecule has 5 heterocycles. The SMILES string of the molecule is Cc1ncnc2ccc(-c3c[nH]c4ncc(C(=O)N5C6CCC5CN(C)C6)cc34)cc12. The van der Waals surface area contributed by atoms with Crippen molar-refractivity contribution in [2.45, 2.75) is 31.8 Å². The molecule has 7 nitrogen and oxygen atoms in total. The first kappa shape index (κ1) is 18.4. The smallest absolute Gasteiger partial charge is 0.256 e. The summed E-state index contributed by atoms with van der Waals surface area (Å²) in [6, 6.07) is 8.80. The molecule has 4 aromatic rings. The first-order valence-electron chi connectivity index (χ1n) is 10.8. The number of likely N-dealkylation sites (tertiary alicyclic amines) is 1. The number of nitrogens with one attached hydrogen (secondary N) is 1. The molecule has 2 aliphatic heterocycles. The minimum Gasteiger partial charge on any atom is -0.346 e. The number of hydrogen-bond donors (Lipinski definition) is 1. The van der Waals surface area contributed by atoms with Gasteiger partial charge in [0.2, 0.25) is 0 Å². The summed E-state index contributed by atoms with van der Waals surface area (Å²) in [5.41, 5.74) is 5.41. The Morgan fingerprint density at radius 3 is 2.68 bits per heavy atom. The van der Waals surface area contributed by atoms with E-state index in [1.54, 1.807) is 12.5 Å². The number of fused-ring (bicyclic) bond motifs is 4. The Morgan fingerprint density at radius 2 is 1.87 bits per heavy atom. The van der Waals surface area contributed by atoms with Gasteiger partial charge in [0.25, 0.3) is 5.91 Å². The van der Waals surface area contributed by atoms with Crippen LogP contribution in [0.15, 0.2) is 43.0 Å². The average molecular weight is 412 g/mol. The van der Waals surface area contributed by atoms with Gasteiger partial charge in [-0.1, -0.05) is 6.07 Å². The number of aryl methyl sites for hydroxylation is 1. The highest BCUT2D eigenvalue weighted by atomic mass is 16.2. The predicted molar refractivity (Wildman–Crippen MR) is 120 cm³/mol. The molecule has 0 radical (unpaired) electrons.